The molecule has 1 unspecified atom stereocenters. The fourth-order valence-corrected chi connectivity index (χ4v) is 2.12. The topological polar surface area (TPSA) is 74.0 Å². The molecular formula is C16H16N4O2. The van der Waals surface area contributed by atoms with Gasteiger partial charge in [-0.15, -0.1) is 0 Å². The van der Waals surface area contributed by atoms with E-state index >= 15 is 0 Å². The second-order valence-electron chi connectivity index (χ2n) is 4.84. The van der Waals surface area contributed by atoms with Crippen LogP contribution in [0, 0.1) is 5.21 Å². The van der Waals surface area contributed by atoms with E-state index in [0.29, 0.717) is 15.9 Å². The van der Waals surface area contributed by atoms with Gasteiger partial charge in [-0.1, -0.05) is 42.5 Å². The van der Waals surface area contributed by atoms with Gasteiger partial charge in [0.1, 0.15) is 12.2 Å². The van der Waals surface area contributed by atoms with Crippen LogP contribution in [0.25, 0.3) is 11.0 Å². The Labute approximate surface area is 128 Å². The Morgan fingerprint density at radius 3 is 2.68 bits per heavy atom. The third-order valence-corrected chi connectivity index (χ3v) is 3.33. The number of para-hydroxylation sites is 2. The Kier molecular flexibility index (Phi) is 4.11. The van der Waals surface area contributed by atoms with E-state index in [2.05, 4.69) is 15.4 Å². The van der Waals surface area contributed by atoms with Crippen LogP contribution in [-0.2, 0) is 4.74 Å². The number of anilines is 1. The first-order valence-electron chi connectivity index (χ1n) is 7.01. The van der Waals surface area contributed by atoms with Gasteiger partial charge in [0, 0.05) is 6.07 Å². The molecule has 0 fully saturated rings. The third kappa shape index (κ3) is 3.12. The monoisotopic (exact) mass is 296 g/mol. The van der Waals surface area contributed by atoms with Gasteiger partial charge < -0.3 is 15.3 Å². The fraction of sp³-hybridized carbons (Fsp3) is 0.188. The number of ether oxygens (including phenoxy) is 1. The van der Waals surface area contributed by atoms with Gasteiger partial charge in [0.05, 0.1) is 11.2 Å². The molecule has 112 valence electrons. The van der Waals surface area contributed by atoms with Crippen molar-refractivity contribution in [3.63, 3.8) is 0 Å². The van der Waals surface area contributed by atoms with Crippen molar-refractivity contribution in [1.82, 2.24) is 10.1 Å². The van der Waals surface area contributed by atoms with E-state index in [1.807, 2.05) is 43.3 Å². The maximum Gasteiger partial charge on any atom is 0.292 e. The van der Waals surface area contributed by atoms with Gasteiger partial charge in [0.15, 0.2) is 0 Å². The predicted octanol–water partition coefficient (Wildman–Crippen LogP) is 2.41. The summed E-state index contributed by atoms with van der Waals surface area (Å²) < 4.78 is 5.68. The molecule has 6 nitrogen and oxygen atoms in total. The van der Waals surface area contributed by atoms with Gasteiger partial charge in [-0.2, -0.15) is 0 Å². The summed E-state index contributed by atoms with van der Waals surface area (Å²) in [5.41, 5.74) is 2.11. The Morgan fingerprint density at radius 1 is 1.14 bits per heavy atom. The average Bonchev–Trinajstić information content (AvgIpc) is 2.56. The van der Waals surface area contributed by atoms with Gasteiger partial charge in [0.2, 0.25) is 0 Å². The summed E-state index contributed by atoms with van der Waals surface area (Å²) in [5, 5.41) is 18.5. The van der Waals surface area contributed by atoms with Crippen molar-refractivity contribution in [2.75, 3.05) is 12.0 Å². The van der Waals surface area contributed by atoms with E-state index in [-0.39, 0.29) is 18.8 Å². The molecule has 2 aromatic carbocycles. The van der Waals surface area contributed by atoms with Crippen LogP contribution in [0.3, 0.4) is 0 Å². The normalized spacial score (nSPS) is 12.2. The van der Waals surface area contributed by atoms with Crippen LogP contribution in [0.5, 0.6) is 0 Å². The van der Waals surface area contributed by atoms with Crippen molar-refractivity contribution >= 4 is 17.0 Å². The fourth-order valence-electron chi connectivity index (χ4n) is 2.12. The van der Waals surface area contributed by atoms with Gasteiger partial charge in [0.25, 0.3) is 11.5 Å². The third-order valence-electron chi connectivity index (χ3n) is 3.33. The molecule has 1 atom stereocenters. The standard InChI is InChI=1S/C16H16N4O2/c1-12(13-7-3-2-4-8-13)22-11-17-16-18-14-9-5-6-10-15(14)20(21)19-16/h2-10,12H,11H2,1H3,(H,17,18,19). The predicted molar refractivity (Wildman–Crippen MR) is 82.9 cm³/mol. The number of aromatic nitrogens is 3. The summed E-state index contributed by atoms with van der Waals surface area (Å²) in [6.07, 6.45) is -0.0615. The van der Waals surface area contributed by atoms with Crippen molar-refractivity contribution in [2.45, 2.75) is 13.0 Å². The minimum Gasteiger partial charge on any atom is -0.594 e. The number of nitrogens with zero attached hydrogens (tertiary/aromatic N) is 3. The summed E-state index contributed by atoms with van der Waals surface area (Å²) in [6, 6.07) is 17.0. The molecule has 0 aliphatic carbocycles. The van der Waals surface area contributed by atoms with Gasteiger partial charge >= 0.3 is 0 Å². The summed E-state index contributed by atoms with van der Waals surface area (Å²) in [7, 11) is 0. The molecule has 0 saturated heterocycles. The molecule has 0 radical (unpaired) electrons. The van der Waals surface area contributed by atoms with E-state index in [0.717, 1.165) is 5.56 Å². The van der Waals surface area contributed by atoms with Crippen LogP contribution in [0.2, 0.25) is 0 Å². The molecule has 1 heterocycles. The molecule has 1 aromatic heterocycles. The zero-order valence-electron chi connectivity index (χ0n) is 12.1. The van der Waals surface area contributed by atoms with Crippen LogP contribution < -0.4 is 10.2 Å². The van der Waals surface area contributed by atoms with Gasteiger partial charge in [-0.05, 0) is 23.4 Å². The van der Waals surface area contributed by atoms with Crippen molar-refractivity contribution in [3.05, 3.63) is 65.4 Å². The first-order valence-corrected chi connectivity index (χ1v) is 7.01. The lowest BCUT2D eigenvalue weighted by Gasteiger charge is -2.13. The molecule has 3 rings (SSSR count). The number of hydrogen-bond acceptors (Lipinski definition) is 5. The van der Waals surface area contributed by atoms with Crippen molar-refractivity contribution in [2.24, 2.45) is 0 Å². The number of hydrogen-bond donors (Lipinski definition) is 1. The highest BCUT2D eigenvalue weighted by Gasteiger charge is 2.10. The zero-order chi connectivity index (χ0) is 15.4. The number of nitrogens with one attached hydrogen (secondary N) is 1. The van der Waals surface area contributed by atoms with Gasteiger partial charge in [-0.25, -0.2) is 4.98 Å². The number of benzene rings is 2. The average molecular weight is 296 g/mol. The minimum absolute atomic E-state index is 0.0615. The minimum atomic E-state index is -0.0615. The van der Waals surface area contributed by atoms with E-state index in [1.165, 1.54) is 0 Å². The second kappa shape index (κ2) is 6.36. The lowest BCUT2D eigenvalue weighted by Crippen LogP contribution is -2.33. The molecule has 0 aliphatic heterocycles. The van der Waals surface area contributed by atoms with Crippen molar-refractivity contribution in [3.8, 4) is 0 Å². The molecule has 0 bridgehead atoms. The summed E-state index contributed by atoms with van der Waals surface area (Å²) in [4.78, 5) is 4.84. The maximum atomic E-state index is 11.8. The highest BCUT2D eigenvalue weighted by Crippen LogP contribution is 2.15. The smallest absolute Gasteiger partial charge is 0.292 e. The van der Waals surface area contributed by atoms with Crippen LogP contribution in [0.15, 0.2) is 54.6 Å². The first kappa shape index (κ1) is 14.2. The Balaban J connectivity index is 1.64. The molecule has 6 heteroatoms. The van der Waals surface area contributed by atoms with Crippen molar-refractivity contribution in [1.29, 1.82) is 0 Å². The summed E-state index contributed by atoms with van der Waals surface area (Å²) >= 11 is 0. The molecule has 22 heavy (non-hydrogen) atoms. The lowest BCUT2D eigenvalue weighted by atomic mass is 10.1. The lowest BCUT2D eigenvalue weighted by molar-refractivity contribution is -0.641. The SMILES string of the molecule is CC(OCNc1nc2ccccc2[n+]([O-])n1)c1ccccc1. The number of rotatable bonds is 5. The van der Waals surface area contributed by atoms with E-state index in [1.54, 1.807) is 18.2 Å². The van der Waals surface area contributed by atoms with Crippen LogP contribution in [0.4, 0.5) is 5.95 Å². The maximum absolute atomic E-state index is 11.8. The first-order chi connectivity index (χ1) is 10.7. The zero-order valence-corrected chi connectivity index (χ0v) is 12.1. The van der Waals surface area contributed by atoms with Gasteiger partial charge in [-0.3, -0.25) is 0 Å². The summed E-state index contributed by atoms with van der Waals surface area (Å²) in [5.74, 6) is 0.244. The molecule has 0 aliphatic rings. The molecular weight excluding hydrogens is 280 g/mol. The van der Waals surface area contributed by atoms with Crippen LogP contribution in [-0.4, -0.2) is 16.8 Å². The largest absolute Gasteiger partial charge is 0.594 e. The molecule has 0 saturated carbocycles. The highest BCUT2D eigenvalue weighted by atomic mass is 16.5. The second-order valence-corrected chi connectivity index (χ2v) is 4.84. The number of fused-ring (bicyclic) bond motifs is 1. The Bertz CT molecular complexity index is 764. The molecule has 0 spiro atoms. The molecule has 1 N–H and O–H groups in total. The van der Waals surface area contributed by atoms with E-state index < -0.39 is 0 Å². The Hall–Kier alpha value is -2.73. The highest BCUT2D eigenvalue weighted by molar-refractivity contribution is 5.71. The Morgan fingerprint density at radius 2 is 1.86 bits per heavy atom. The van der Waals surface area contributed by atoms with Crippen molar-refractivity contribution < 1.29 is 9.58 Å². The quantitative estimate of drug-likeness (QED) is 0.444. The molecule has 0 amide bonds. The van der Waals surface area contributed by atoms with Crippen LogP contribution >= 0.6 is 0 Å². The van der Waals surface area contributed by atoms with Crippen LogP contribution in [0.1, 0.15) is 18.6 Å². The van der Waals surface area contributed by atoms with E-state index in [9.17, 15) is 5.21 Å². The molecule has 3 aromatic rings. The van der Waals surface area contributed by atoms with E-state index in [4.69, 9.17) is 4.74 Å². The summed E-state index contributed by atoms with van der Waals surface area (Å²) in [6.45, 7) is 2.18.